The van der Waals surface area contributed by atoms with Gasteiger partial charge in [-0.15, -0.1) is 0 Å². The third kappa shape index (κ3) is 6.88. The lowest BCUT2D eigenvalue weighted by atomic mass is 9.32. The molecule has 338 valence electrons. The Morgan fingerprint density at radius 1 is 0.418 bits per heavy atom. The molecular weight excluding hydrogens is 808 g/mol. The van der Waals surface area contributed by atoms with Crippen molar-refractivity contribution in [3.63, 3.8) is 0 Å². The molecule has 0 bridgehead atoms. The van der Waals surface area contributed by atoms with Gasteiger partial charge in [-0.3, -0.25) is 0 Å². The van der Waals surface area contributed by atoms with Crippen LogP contribution >= 0.6 is 0 Å². The fourth-order valence-electron chi connectivity index (χ4n) is 12.5. The Morgan fingerprint density at radius 2 is 0.881 bits per heavy atom. The Hall–Kier alpha value is -5.80. The number of rotatable bonds is 4. The van der Waals surface area contributed by atoms with Crippen molar-refractivity contribution in [2.75, 3.05) is 9.80 Å². The topological polar surface area (TPSA) is 6.48 Å². The van der Waals surface area contributed by atoms with Gasteiger partial charge < -0.3 is 9.80 Å². The van der Waals surface area contributed by atoms with E-state index in [1.165, 1.54) is 137 Å². The summed E-state index contributed by atoms with van der Waals surface area (Å²) in [5, 5.41) is 0. The lowest BCUT2D eigenvalue weighted by Crippen LogP contribution is -2.62. The van der Waals surface area contributed by atoms with Crippen LogP contribution in [0, 0.1) is 13.8 Å². The number of benzene rings is 7. The van der Waals surface area contributed by atoms with E-state index in [0.717, 1.165) is 0 Å². The monoisotopic (exact) mass is 877 g/mol. The summed E-state index contributed by atoms with van der Waals surface area (Å²) in [6, 6.07) is 52.3. The minimum absolute atomic E-state index is 0.0119. The Morgan fingerprint density at radius 3 is 1.37 bits per heavy atom. The first kappa shape index (κ1) is 43.8. The zero-order valence-electron chi connectivity index (χ0n) is 42.5. The summed E-state index contributed by atoms with van der Waals surface area (Å²) in [6.45, 7) is 31.6. The van der Waals surface area contributed by atoms with Crippen molar-refractivity contribution in [1.82, 2.24) is 0 Å². The minimum Gasteiger partial charge on any atom is -0.311 e. The molecule has 7 aromatic carbocycles. The van der Waals surface area contributed by atoms with Gasteiger partial charge >= 0.3 is 0 Å². The van der Waals surface area contributed by atoms with E-state index < -0.39 is 0 Å². The van der Waals surface area contributed by atoms with Crippen LogP contribution in [0.15, 0.2) is 133 Å². The van der Waals surface area contributed by atoms with Gasteiger partial charge in [0.25, 0.3) is 6.71 Å². The van der Waals surface area contributed by atoms with Crippen LogP contribution in [0.2, 0.25) is 0 Å². The molecule has 0 saturated carbocycles. The summed E-state index contributed by atoms with van der Waals surface area (Å²) < 4.78 is 0. The maximum atomic E-state index is 2.71. The first-order valence-electron chi connectivity index (χ1n) is 25.1. The van der Waals surface area contributed by atoms with Gasteiger partial charge in [0.15, 0.2) is 0 Å². The molecule has 2 aliphatic heterocycles. The van der Waals surface area contributed by atoms with E-state index >= 15 is 0 Å². The van der Waals surface area contributed by atoms with Crippen molar-refractivity contribution in [2.45, 2.75) is 143 Å². The van der Waals surface area contributed by atoms with Gasteiger partial charge in [0.05, 0.1) is 5.69 Å². The maximum absolute atomic E-state index is 2.71. The van der Waals surface area contributed by atoms with E-state index in [-0.39, 0.29) is 33.8 Å². The Balaban J connectivity index is 1.30. The van der Waals surface area contributed by atoms with E-state index in [0.29, 0.717) is 0 Å². The SMILES string of the molecule is Cc1cc2c3c(c1)N(c1ccc(C(C)(C)C)cc1-c1ccccc1)c1cc4c(cc1B3c1cc3c(cc1N2c1cc(-c2ccccc2)ccc1C)C(C)(C)CCC3(C)C)C(C)(C)CCC4(C)C. The highest BCUT2D eigenvalue weighted by Gasteiger charge is 2.49. The summed E-state index contributed by atoms with van der Waals surface area (Å²) in [6.07, 6.45) is 4.68. The van der Waals surface area contributed by atoms with Gasteiger partial charge in [0.2, 0.25) is 0 Å². The Bertz CT molecular complexity index is 3140. The maximum Gasteiger partial charge on any atom is 0.252 e. The van der Waals surface area contributed by atoms with E-state index in [2.05, 4.69) is 233 Å². The molecule has 0 unspecified atom stereocenters. The molecule has 3 heteroatoms. The van der Waals surface area contributed by atoms with Crippen LogP contribution < -0.4 is 26.2 Å². The highest BCUT2D eigenvalue weighted by atomic mass is 15.2. The average molecular weight is 877 g/mol. The molecule has 0 fully saturated rings. The van der Waals surface area contributed by atoms with E-state index in [4.69, 9.17) is 0 Å². The van der Waals surface area contributed by atoms with Crippen molar-refractivity contribution in [2.24, 2.45) is 0 Å². The van der Waals surface area contributed by atoms with Gasteiger partial charge in [0, 0.05) is 34.0 Å². The number of fused-ring (bicyclic) bond motifs is 6. The number of nitrogens with zero attached hydrogens (tertiary/aromatic N) is 2. The third-order valence-corrected chi connectivity index (χ3v) is 16.9. The molecule has 2 aliphatic carbocycles. The molecule has 67 heavy (non-hydrogen) atoms. The second-order valence-corrected chi connectivity index (χ2v) is 24.5. The van der Waals surface area contributed by atoms with Crippen molar-refractivity contribution >= 4 is 57.2 Å². The first-order chi connectivity index (χ1) is 31.6. The molecule has 7 aromatic rings. The summed E-state index contributed by atoms with van der Waals surface area (Å²) in [5.74, 6) is 0. The number of aryl methyl sites for hydroxylation is 2. The van der Waals surface area contributed by atoms with Crippen LogP contribution in [0.1, 0.15) is 141 Å². The summed E-state index contributed by atoms with van der Waals surface area (Å²) in [5.41, 5.74) is 27.0. The highest BCUT2D eigenvalue weighted by molar-refractivity contribution is 7.00. The van der Waals surface area contributed by atoms with Crippen LogP contribution in [-0.2, 0) is 27.1 Å². The van der Waals surface area contributed by atoms with Crippen molar-refractivity contribution in [3.8, 4) is 22.3 Å². The summed E-state index contributed by atoms with van der Waals surface area (Å²) in [7, 11) is 0. The molecule has 0 aromatic heterocycles. The fourth-order valence-corrected chi connectivity index (χ4v) is 12.5. The molecular formula is C64H69BN2. The molecule has 2 heterocycles. The highest BCUT2D eigenvalue weighted by Crippen LogP contribution is 2.54. The third-order valence-electron chi connectivity index (χ3n) is 16.9. The number of anilines is 6. The second kappa shape index (κ2) is 14.9. The van der Waals surface area contributed by atoms with Crippen LogP contribution in [-0.4, -0.2) is 6.71 Å². The smallest absolute Gasteiger partial charge is 0.252 e. The standard InChI is InChI=1S/C64H69BN2/c1-40-32-57-59-58(33-40)67(54-34-44(25-24-41(54)2)42-20-16-14-17-21-42)56-39-50-48(62(8,9)29-31-64(50,12)13)37-52(56)65(59)51-36-47-49(63(10,11)30-28-61(47,6)7)38-55(51)66(57)53-27-26-45(60(3,4)5)35-46(53)43-22-18-15-19-23-43/h14-27,32-39H,28-31H2,1-13H3. The predicted octanol–water partition coefficient (Wildman–Crippen LogP) is 15.7. The Kier molecular flexibility index (Phi) is 9.70. The van der Waals surface area contributed by atoms with Gasteiger partial charge in [-0.2, -0.15) is 0 Å². The number of hydrogen-bond acceptors (Lipinski definition) is 2. The van der Waals surface area contributed by atoms with Crippen LogP contribution in [0.3, 0.4) is 0 Å². The van der Waals surface area contributed by atoms with Gasteiger partial charge in [-0.25, -0.2) is 0 Å². The lowest BCUT2D eigenvalue weighted by Gasteiger charge is -2.49. The van der Waals surface area contributed by atoms with Crippen molar-refractivity contribution in [3.05, 3.63) is 172 Å². The number of hydrogen-bond donors (Lipinski definition) is 0. The average Bonchev–Trinajstić information content (AvgIpc) is 3.29. The first-order valence-corrected chi connectivity index (χ1v) is 25.1. The van der Waals surface area contributed by atoms with Gasteiger partial charge in [-0.1, -0.05) is 167 Å². The van der Waals surface area contributed by atoms with E-state index in [1.54, 1.807) is 0 Å². The molecule has 0 amide bonds. The van der Waals surface area contributed by atoms with Crippen molar-refractivity contribution < 1.29 is 0 Å². The van der Waals surface area contributed by atoms with Crippen LogP contribution in [0.4, 0.5) is 34.1 Å². The quantitative estimate of drug-likeness (QED) is 0.163. The van der Waals surface area contributed by atoms with Crippen LogP contribution in [0.5, 0.6) is 0 Å². The van der Waals surface area contributed by atoms with Crippen LogP contribution in [0.25, 0.3) is 22.3 Å². The zero-order chi connectivity index (χ0) is 47.2. The Labute approximate surface area is 402 Å². The minimum atomic E-state index is -0.0119. The fraction of sp³-hybridized carbons (Fsp3) is 0.344. The van der Waals surface area contributed by atoms with E-state index in [1.807, 2.05) is 0 Å². The molecule has 0 N–H and O–H groups in total. The second-order valence-electron chi connectivity index (χ2n) is 24.5. The zero-order valence-corrected chi connectivity index (χ0v) is 42.5. The molecule has 0 saturated heterocycles. The van der Waals surface area contributed by atoms with E-state index in [9.17, 15) is 0 Å². The van der Waals surface area contributed by atoms with Gasteiger partial charge in [-0.05, 0) is 181 Å². The van der Waals surface area contributed by atoms with Crippen molar-refractivity contribution in [1.29, 1.82) is 0 Å². The molecule has 0 atom stereocenters. The molecule has 11 rings (SSSR count). The normalized spacial score (nSPS) is 18.1. The summed E-state index contributed by atoms with van der Waals surface area (Å²) in [4.78, 5) is 5.39. The summed E-state index contributed by atoms with van der Waals surface area (Å²) >= 11 is 0. The molecule has 0 spiro atoms. The predicted molar refractivity (Wildman–Crippen MR) is 290 cm³/mol. The van der Waals surface area contributed by atoms with Gasteiger partial charge in [0.1, 0.15) is 0 Å². The lowest BCUT2D eigenvalue weighted by molar-refractivity contribution is 0.332. The molecule has 2 nitrogen and oxygen atoms in total. The largest absolute Gasteiger partial charge is 0.311 e. The molecule has 4 aliphatic rings. The molecule has 0 radical (unpaired) electrons.